The highest BCUT2D eigenvalue weighted by molar-refractivity contribution is 5.90. The van der Waals surface area contributed by atoms with Gasteiger partial charge in [0.05, 0.1) is 22.8 Å². The Morgan fingerprint density at radius 1 is 1.09 bits per heavy atom. The summed E-state index contributed by atoms with van der Waals surface area (Å²) in [6.45, 7) is 5.09. The number of nitrogens with one attached hydrogen (secondary N) is 1. The Morgan fingerprint density at radius 2 is 1.82 bits per heavy atom. The quantitative estimate of drug-likeness (QED) is 0.470. The lowest BCUT2D eigenvalue weighted by molar-refractivity contribution is -0.137. The lowest BCUT2D eigenvalue weighted by atomic mass is 9.93. The Kier molecular flexibility index (Phi) is 5.18. The van der Waals surface area contributed by atoms with Crippen molar-refractivity contribution in [1.82, 2.24) is 24.1 Å². The second-order valence-electron chi connectivity index (χ2n) is 8.44. The molecular weight excluding hydrogens is 444 g/mol. The van der Waals surface area contributed by atoms with Crippen molar-refractivity contribution in [3.05, 3.63) is 64.1 Å². The number of halogens is 4. The van der Waals surface area contributed by atoms with Crippen molar-refractivity contribution >= 4 is 28.4 Å². The van der Waals surface area contributed by atoms with Gasteiger partial charge in [0, 0.05) is 17.7 Å². The first-order chi connectivity index (χ1) is 15.3. The minimum absolute atomic E-state index is 0.0520. The number of alkyl halides is 3. The first-order valence-corrected chi connectivity index (χ1v) is 9.76. The second kappa shape index (κ2) is 7.64. The van der Waals surface area contributed by atoms with Crippen LogP contribution in [0.25, 0.3) is 16.7 Å². The van der Waals surface area contributed by atoms with Gasteiger partial charge < -0.3 is 5.32 Å². The van der Waals surface area contributed by atoms with Crippen molar-refractivity contribution in [3.8, 4) is 0 Å². The number of hydrogen-bond donors (Lipinski definition) is 1. The highest BCUT2D eigenvalue weighted by atomic mass is 19.4. The summed E-state index contributed by atoms with van der Waals surface area (Å²) < 4.78 is 55.0. The van der Waals surface area contributed by atoms with E-state index in [9.17, 15) is 27.2 Å². The minimum Gasteiger partial charge on any atom is -0.309 e. The predicted octanol–water partition coefficient (Wildman–Crippen LogP) is 3.53. The molecule has 33 heavy (non-hydrogen) atoms. The number of amides is 1. The number of carbonyl (C=O) groups is 1. The zero-order chi connectivity index (χ0) is 24.1. The number of anilines is 1. The molecule has 0 unspecified atom stereocenters. The predicted molar refractivity (Wildman–Crippen MR) is 111 cm³/mol. The van der Waals surface area contributed by atoms with Crippen LogP contribution in [0.3, 0.4) is 0 Å². The number of hydrogen-bond acceptors (Lipinski definition) is 5. The van der Waals surface area contributed by atoms with Crippen molar-refractivity contribution in [2.45, 2.75) is 38.9 Å². The topological polar surface area (TPSA) is 94.2 Å². The molecule has 12 heteroatoms. The molecule has 0 bridgehead atoms. The van der Waals surface area contributed by atoms with E-state index in [0.29, 0.717) is 18.0 Å². The molecule has 0 radical (unpaired) electrons. The summed E-state index contributed by atoms with van der Waals surface area (Å²) >= 11 is 0. The average Bonchev–Trinajstić information content (AvgIpc) is 3.18. The third-order valence-corrected chi connectivity index (χ3v) is 4.90. The standard InChI is InChI=1S/C21H18F4N6O2/c1-20(2,3)14-7-17-30(10-16(32)28-15-5-4-12(22)9-26-15)19(33)13-6-11(21(23,24)25)8-27-18(13)31(17)29-14/h4-9H,10H2,1-3H3,(H,26,28,32). The second-order valence-corrected chi connectivity index (χ2v) is 8.44. The lowest BCUT2D eigenvalue weighted by Gasteiger charge is -2.13. The molecule has 1 N–H and O–H groups in total. The number of nitrogens with zero attached hydrogens (tertiary/aromatic N) is 5. The van der Waals surface area contributed by atoms with Gasteiger partial charge in [0.25, 0.3) is 5.56 Å². The van der Waals surface area contributed by atoms with Gasteiger partial charge in [-0.05, 0) is 18.2 Å². The van der Waals surface area contributed by atoms with Crippen LogP contribution in [-0.2, 0) is 22.9 Å². The summed E-state index contributed by atoms with van der Waals surface area (Å²) in [7, 11) is 0. The van der Waals surface area contributed by atoms with Crippen LogP contribution in [0.4, 0.5) is 23.4 Å². The largest absolute Gasteiger partial charge is 0.417 e. The monoisotopic (exact) mass is 462 g/mol. The van der Waals surface area contributed by atoms with E-state index in [1.54, 1.807) is 6.07 Å². The van der Waals surface area contributed by atoms with E-state index in [-0.39, 0.29) is 22.5 Å². The molecule has 0 saturated heterocycles. The SMILES string of the molecule is CC(C)(C)c1cc2n(CC(=O)Nc3ccc(F)cn3)c(=O)c3cc(C(F)(F)F)cnc3n2n1. The summed E-state index contributed by atoms with van der Waals surface area (Å²) in [6, 6.07) is 4.62. The average molecular weight is 462 g/mol. The van der Waals surface area contributed by atoms with Crippen molar-refractivity contribution in [3.63, 3.8) is 0 Å². The van der Waals surface area contributed by atoms with Crippen molar-refractivity contribution < 1.29 is 22.4 Å². The summed E-state index contributed by atoms with van der Waals surface area (Å²) in [6.07, 6.45) is -3.16. The molecule has 0 aliphatic carbocycles. The molecule has 4 heterocycles. The van der Waals surface area contributed by atoms with Crippen molar-refractivity contribution in [2.75, 3.05) is 5.32 Å². The molecule has 172 valence electrons. The fourth-order valence-corrected chi connectivity index (χ4v) is 3.20. The summed E-state index contributed by atoms with van der Waals surface area (Å²) in [5.74, 6) is -1.23. The zero-order valence-corrected chi connectivity index (χ0v) is 17.7. The third-order valence-electron chi connectivity index (χ3n) is 4.90. The molecule has 0 aliphatic heterocycles. The van der Waals surface area contributed by atoms with Crippen LogP contribution in [0.15, 0.2) is 41.5 Å². The molecule has 0 aromatic carbocycles. The van der Waals surface area contributed by atoms with Gasteiger partial charge in [0.1, 0.15) is 23.8 Å². The molecule has 4 aromatic rings. The molecule has 8 nitrogen and oxygen atoms in total. The maximum Gasteiger partial charge on any atom is 0.417 e. The molecule has 0 atom stereocenters. The van der Waals surface area contributed by atoms with Gasteiger partial charge >= 0.3 is 6.18 Å². The van der Waals surface area contributed by atoms with Gasteiger partial charge in [-0.15, -0.1) is 0 Å². The van der Waals surface area contributed by atoms with Gasteiger partial charge in [0.2, 0.25) is 5.91 Å². The Hall–Kier alpha value is -3.83. The van der Waals surface area contributed by atoms with Crippen LogP contribution in [-0.4, -0.2) is 30.1 Å². The van der Waals surface area contributed by atoms with E-state index in [1.807, 2.05) is 20.8 Å². The summed E-state index contributed by atoms with van der Waals surface area (Å²) in [5, 5.41) is 6.52. The Bertz CT molecular complexity index is 1430. The van der Waals surface area contributed by atoms with Gasteiger partial charge in [-0.25, -0.2) is 14.4 Å². The normalized spacial score (nSPS) is 12.5. The first kappa shape index (κ1) is 22.4. The van der Waals surface area contributed by atoms with Crippen LogP contribution >= 0.6 is 0 Å². The molecule has 0 spiro atoms. The maximum atomic E-state index is 13.2. The highest BCUT2D eigenvalue weighted by Crippen LogP contribution is 2.30. The molecule has 0 saturated carbocycles. The van der Waals surface area contributed by atoms with E-state index in [1.165, 1.54) is 10.6 Å². The van der Waals surface area contributed by atoms with Gasteiger partial charge in [0.15, 0.2) is 5.65 Å². The van der Waals surface area contributed by atoms with E-state index >= 15 is 0 Å². The Morgan fingerprint density at radius 3 is 2.42 bits per heavy atom. The molecule has 4 aromatic heterocycles. The Labute approximate surface area is 183 Å². The molecule has 4 rings (SSSR count). The van der Waals surface area contributed by atoms with Crippen LogP contribution in [0.1, 0.15) is 32.0 Å². The fourth-order valence-electron chi connectivity index (χ4n) is 3.20. The zero-order valence-electron chi connectivity index (χ0n) is 17.7. The Balaban J connectivity index is 1.89. The number of aromatic nitrogens is 5. The number of carbonyl (C=O) groups excluding carboxylic acids is 1. The van der Waals surface area contributed by atoms with Crippen LogP contribution in [0, 0.1) is 5.82 Å². The van der Waals surface area contributed by atoms with E-state index in [2.05, 4.69) is 20.4 Å². The van der Waals surface area contributed by atoms with Gasteiger partial charge in [-0.2, -0.15) is 22.8 Å². The molecule has 1 amide bonds. The van der Waals surface area contributed by atoms with Crippen LogP contribution in [0.2, 0.25) is 0 Å². The lowest BCUT2D eigenvalue weighted by Crippen LogP contribution is -2.30. The molecule has 0 aliphatic rings. The summed E-state index contributed by atoms with van der Waals surface area (Å²) in [5.41, 5.74) is -1.71. The fraction of sp³-hybridized carbons (Fsp3) is 0.286. The third kappa shape index (κ3) is 4.28. The number of fused-ring (bicyclic) bond motifs is 3. The van der Waals surface area contributed by atoms with E-state index < -0.39 is 41.0 Å². The maximum absolute atomic E-state index is 13.2. The smallest absolute Gasteiger partial charge is 0.309 e. The van der Waals surface area contributed by atoms with Crippen molar-refractivity contribution in [2.24, 2.45) is 0 Å². The van der Waals surface area contributed by atoms with Crippen LogP contribution < -0.4 is 10.9 Å². The van der Waals surface area contributed by atoms with Gasteiger partial charge in [-0.3, -0.25) is 14.2 Å². The molecule has 0 fully saturated rings. The number of pyridine rings is 2. The van der Waals surface area contributed by atoms with Crippen molar-refractivity contribution in [1.29, 1.82) is 0 Å². The minimum atomic E-state index is -4.71. The van der Waals surface area contributed by atoms with E-state index in [0.717, 1.165) is 16.8 Å². The van der Waals surface area contributed by atoms with Gasteiger partial charge in [-0.1, -0.05) is 20.8 Å². The van der Waals surface area contributed by atoms with E-state index in [4.69, 9.17) is 0 Å². The molecular formula is C21H18F4N6O2. The first-order valence-electron chi connectivity index (χ1n) is 9.76. The number of rotatable bonds is 3. The van der Waals surface area contributed by atoms with Crippen LogP contribution in [0.5, 0.6) is 0 Å². The highest BCUT2D eigenvalue weighted by Gasteiger charge is 2.32. The summed E-state index contributed by atoms with van der Waals surface area (Å²) in [4.78, 5) is 33.4.